The summed E-state index contributed by atoms with van der Waals surface area (Å²) in [6.45, 7) is 9.66. The number of rotatable bonds is 7. The van der Waals surface area contributed by atoms with Crippen LogP contribution in [0.4, 0.5) is 5.82 Å². The minimum atomic E-state index is 0.315. The Kier molecular flexibility index (Phi) is 8.34. The molecule has 2 aromatic rings. The SMILES string of the molecule is CCNC(=NCc1cccc(COC2CCOCC2)c1)N1CCN(c2ccccn2)CC1. The molecule has 0 spiro atoms. The van der Waals surface area contributed by atoms with Crippen molar-refractivity contribution in [2.75, 3.05) is 50.8 Å². The Hall–Kier alpha value is -2.64. The van der Waals surface area contributed by atoms with Gasteiger partial charge in [0.05, 0.1) is 19.3 Å². The van der Waals surface area contributed by atoms with Gasteiger partial charge in [-0.1, -0.05) is 30.3 Å². The number of hydrogen-bond donors (Lipinski definition) is 1. The maximum Gasteiger partial charge on any atom is 0.194 e. The van der Waals surface area contributed by atoms with Gasteiger partial charge in [0.2, 0.25) is 0 Å². The minimum Gasteiger partial charge on any atom is -0.381 e. The van der Waals surface area contributed by atoms with E-state index in [9.17, 15) is 0 Å². The van der Waals surface area contributed by atoms with E-state index >= 15 is 0 Å². The summed E-state index contributed by atoms with van der Waals surface area (Å²) in [5.74, 6) is 2.03. The average molecular weight is 438 g/mol. The Labute approximate surface area is 191 Å². The molecule has 4 rings (SSSR count). The van der Waals surface area contributed by atoms with Gasteiger partial charge in [0.15, 0.2) is 5.96 Å². The van der Waals surface area contributed by atoms with Gasteiger partial charge in [-0.25, -0.2) is 9.98 Å². The van der Waals surface area contributed by atoms with Crippen LogP contribution in [0.1, 0.15) is 30.9 Å². The van der Waals surface area contributed by atoms with E-state index in [4.69, 9.17) is 14.5 Å². The van der Waals surface area contributed by atoms with Gasteiger partial charge in [-0.05, 0) is 43.0 Å². The fraction of sp³-hybridized carbons (Fsp3) is 0.520. The third-order valence-corrected chi connectivity index (χ3v) is 5.94. The molecule has 2 aliphatic rings. The summed E-state index contributed by atoms with van der Waals surface area (Å²) >= 11 is 0. The average Bonchev–Trinajstić information content (AvgIpc) is 2.87. The Morgan fingerprint density at radius 2 is 1.91 bits per heavy atom. The van der Waals surface area contributed by atoms with E-state index < -0.39 is 0 Å². The van der Waals surface area contributed by atoms with Crippen molar-refractivity contribution < 1.29 is 9.47 Å². The third kappa shape index (κ3) is 6.43. The molecule has 0 saturated carbocycles. The van der Waals surface area contributed by atoms with Crippen molar-refractivity contribution in [3.05, 3.63) is 59.8 Å². The molecule has 0 unspecified atom stereocenters. The van der Waals surface area contributed by atoms with E-state index in [2.05, 4.69) is 57.4 Å². The van der Waals surface area contributed by atoms with Crippen molar-refractivity contribution in [1.29, 1.82) is 0 Å². The van der Waals surface area contributed by atoms with E-state index in [-0.39, 0.29) is 0 Å². The van der Waals surface area contributed by atoms with Gasteiger partial charge in [-0.2, -0.15) is 0 Å². The van der Waals surface area contributed by atoms with Crippen molar-refractivity contribution >= 4 is 11.8 Å². The second-order valence-electron chi connectivity index (χ2n) is 8.27. The molecule has 172 valence electrons. The number of benzene rings is 1. The van der Waals surface area contributed by atoms with Crippen LogP contribution in [0.5, 0.6) is 0 Å². The number of guanidine groups is 1. The molecule has 32 heavy (non-hydrogen) atoms. The number of hydrogen-bond acceptors (Lipinski definition) is 5. The molecular weight excluding hydrogens is 402 g/mol. The van der Waals surface area contributed by atoms with E-state index in [1.165, 1.54) is 11.1 Å². The largest absolute Gasteiger partial charge is 0.381 e. The molecule has 0 bridgehead atoms. The number of nitrogens with one attached hydrogen (secondary N) is 1. The maximum absolute atomic E-state index is 6.08. The van der Waals surface area contributed by atoms with Crippen LogP contribution < -0.4 is 10.2 Å². The first-order valence-electron chi connectivity index (χ1n) is 11.8. The van der Waals surface area contributed by atoms with Crippen LogP contribution in [0.15, 0.2) is 53.7 Å². The van der Waals surface area contributed by atoms with Crippen LogP contribution >= 0.6 is 0 Å². The zero-order chi connectivity index (χ0) is 22.0. The summed E-state index contributed by atoms with van der Waals surface area (Å²) in [6.07, 6.45) is 4.15. The normalized spacial score (nSPS) is 18.1. The molecule has 3 heterocycles. The highest BCUT2D eigenvalue weighted by atomic mass is 16.5. The van der Waals surface area contributed by atoms with Gasteiger partial charge in [-0.15, -0.1) is 0 Å². The molecule has 0 aliphatic carbocycles. The lowest BCUT2D eigenvalue weighted by Gasteiger charge is -2.37. The summed E-state index contributed by atoms with van der Waals surface area (Å²) in [7, 11) is 0. The zero-order valence-corrected chi connectivity index (χ0v) is 19.1. The van der Waals surface area contributed by atoms with E-state index in [0.29, 0.717) is 19.3 Å². The standard InChI is InChI=1S/C25H35N5O2/c1-2-26-25(30-14-12-29(13-15-30)24-8-3-4-11-27-24)28-19-21-6-5-7-22(18-21)20-32-23-9-16-31-17-10-23/h3-8,11,18,23H,2,9-10,12-17,19-20H2,1H3,(H,26,28). The Balaban J connectivity index is 1.32. The predicted octanol–water partition coefficient (Wildman–Crippen LogP) is 3.06. The van der Waals surface area contributed by atoms with E-state index in [0.717, 1.165) is 70.6 Å². The molecule has 1 aromatic heterocycles. The van der Waals surface area contributed by atoms with Crippen LogP contribution in [0.2, 0.25) is 0 Å². The smallest absolute Gasteiger partial charge is 0.194 e. The van der Waals surface area contributed by atoms with Crippen molar-refractivity contribution in [1.82, 2.24) is 15.2 Å². The highest BCUT2D eigenvalue weighted by molar-refractivity contribution is 5.80. The topological polar surface area (TPSA) is 62.2 Å². The van der Waals surface area contributed by atoms with Crippen LogP contribution in [0, 0.1) is 0 Å². The molecule has 0 atom stereocenters. The van der Waals surface area contributed by atoms with E-state index in [1.807, 2.05) is 18.3 Å². The maximum atomic E-state index is 6.08. The van der Waals surface area contributed by atoms with Crippen molar-refractivity contribution in [2.24, 2.45) is 4.99 Å². The van der Waals surface area contributed by atoms with Gasteiger partial charge in [0.1, 0.15) is 5.82 Å². The molecule has 1 N–H and O–H groups in total. The summed E-state index contributed by atoms with van der Waals surface area (Å²) in [5, 5.41) is 3.47. The molecule has 7 nitrogen and oxygen atoms in total. The summed E-state index contributed by atoms with van der Waals surface area (Å²) in [5.41, 5.74) is 2.42. The Morgan fingerprint density at radius 1 is 1.09 bits per heavy atom. The fourth-order valence-electron chi connectivity index (χ4n) is 4.15. The fourth-order valence-corrected chi connectivity index (χ4v) is 4.15. The van der Waals surface area contributed by atoms with Crippen LogP contribution in [0.25, 0.3) is 0 Å². The summed E-state index contributed by atoms with van der Waals surface area (Å²) in [4.78, 5) is 14.1. The molecule has 7 heteroatoms. The number of ether oxygens (including phenoxy) is 2. The van der Waals surface area contributed by atoms with Gasteiger partial charge in [0.25, 0.3) is 0 Å². The monoisotopic (exact) mass is 437 g/mol. The second kappa shape index (κ2) is 11.8. The molecule has 2 fully saturated rings. The van der Waals surface area contributed by atoms with Crippen LogP contribution in [-0.2, 0) is 22.6 Å². The second-order valence-corrected chi connectivity index (χ2v) is 8.27. The molecule has 0 amide bonds. The first-order chi connectivity index (χ1) is 15.8. The Bertz CT molecular complexity index is 846. The molecule has 1 aromatic carbocycles. The highest BCUT2D eigenvalue weighted by Crippen LogP contribution is 2.16. The molecular formula is C25H35N5O2. The van der Waals surface area contributed by atoms with Gasteiger partial charge in [0, 0.05) is 52.1 Å². The van der Waals surface area contributed by atoms with Crippen molar-refractivity contribution in [2.45, 2.75) is 39.0 Å². The lowest BCUT2D eigenvalue weighted by Crippen LogP contribution is -2.52. The first kappa shape index (κ1) is 22.6. The van der Waals surface area contributed by atoms with Gasteiger partial charge >= 0.3 is 0 Å². The number of aromatic nitrogens is 1. The lowest BCUT2D eigenvalue weighted by molar-refractivity contribution is -0.0390. The number of aliphatic imine (C=N–C) groups is 1. The zero-order valence-electron chi connectivity index (χ0n) is 19.1. The molecule has 2 aliphatic heterocycles. The molecule has 2 saturated heterocycles. The van der Waals surface area contributed by atoms with E-state index in [1.54, 1.807) is 0 Å². The number of anilines is 1. The number of nitrogens with zero attached hydrogens (tertiary/aromatic N) is 4. The predicted molar refractivity (Wildman–Crippen MR) is 128 cm³/mol. The first-order valence-corrected chi connectivity index (χ1v) is 11.8. The van der Waals surface area contributed by atoms with Crippen molar-refractivity contribution in [3.63, 3.8) is 0 Å². The Morgan fingerprint density at radius 3 is 2.66 bits per heavy atom. The number of pyridine rings is 1. The van der Waals surface area contributed by atoms with Gasteiger partial charge < -0.3 is 24.6 Å². The van der Waals surface area contributed by atoms with Crippen molar-refractivity contribution in [3.8, 4) is 0 Å². The number of piperazine rings is 1. The lowest BCUT2D eigenvalue weighted by atomic mass is 10.1. The summed E-state index contributed by atoms with van der Waals surface area (Å²) < 4.78 is 11.5. The van der Waals surface area contributed by atoms with Crippen LogP contribution in [-0.4, -0.2) is 67.9 Å². The van der Waals surface area contributed by atoms with Crippen LogP contribution in [0.3, 0.4) is 0 Å². The molecule has 0 radical (unpaired) electrons. The van der Waals surface area contributed by atoms with Gasteiger partial charge in [-0.3, -0.25) is 0 Å². The quantitative estimate of drug-likeness (QED) is 0.531. The summed E-state index contributed by atoms with van der Waals surface area (Å²) in [6, 6.07) is 14.7. The minimum absolute atomic E-state index is 0.315. The third-order valence-electron chi connectivity index (χ3n) is 5.94. The highest BCUT2D eigenvalue weighted by Gasteiger charge is 2.20.